The zero-order valence-corrected chi connectivity index (χ0v) is 13.7. The molecule has 1 heterocycles. The smallest absolute Gasteiger partial charge is 0.131 e. The van der Waals surface area contributed by atoms with Gasteiger partial charge in [0, 0.05) is 13.1 Å². The van der Waals surface area contributed by atoms with E-state index in [9.17, 15) is 0 Å². The molecule has 0 aliphatic carbocycles. The Morgan fingerprint density at radius 2 is 2.00 bits per heavy atom. The summed E-state index contributed by atoms with van der Waals surface area (Å²) in [5.74, 6) is 0.831. The van der Waals surface area contributed by atoms with E-state index in [1.165, 1.54) is 5.56 Å². The van der Waals surface area contributed by atoms with Crippen LogP contribution in [0, 0.1) is 0 Å². The molecule has 2 rings (SSSR count). The maximum absolute atomic E-state index is 6.31. The first-order valence-corrected chi connectivity index (χ1v) is 7.54. The first kappa shape index (κ1) is 15.9. The van der Waals surface area contributed by atoms with Crippen LogP contribution in [0.4, 0.5) is 0 Å². The summed E-state index contributed by atoms with van der Waals surface area (Å²) >= 11 is 6.31. The molecule has 2 aromatic rings. The average Bonchev–Trinajstić information content (AvgIpc) is 2.79. The number of halogens is 1. The molecule has 21 heavy (non-hydrogen) atoms. The van der Waals surface area contributed by atoms with Crippen molar-refractivity contribution in [1.82, 2.24) is 15.1 Å². The van der Waals surface area contributed by atoms with Crippen molar-refractivity contribution in [2.24, 2.45) is 7.05 Å². The van der Waals surface area contributed by atoms with E-state index in [-0.39, 0.29) is 0 Å². The van der Waals surface area contributed by atoms with E-state index >= 15 is 0 Å². The Morgan fingerprint density at radius 1 is 1.33 bits per heavy atom. The first-order chi connectivity index (χ1) is 10.1. The second-order valence-corrected chi connectivity index (χ2v) is 5.43. The highest BCUT2D eigenvalue weighted by molar-refractivity contribution is 6.31. The predicted octanol–water partition coefficient (Wildman–Crippen LogP) is 3.50. The molecule has 1 N–H and O–H groups in total. The monoisotopic (exact) mass is 307 g/mol. The van der Waals surface area contributed by atoms with Gasteiger partial charge in [0.2, 0.25) is 0 Å². The van der Waals surface area contributed by atoms with Gasteiger partial charge in [-0.15, -0.1) is 0 Å². The highest BCUT2D eigenvalue weighted by atomic mass is 35.5. The van der Waals surface area contributed by atoms with Crippen molar-refractivity contribution in [3.8, 4) is 5.75 Å². The molecule has 1 atom stereocenters. The Balaban J connectivity index is 2.05. The lowest BCUT2D eigenvalue weighted by atomic mass is 10.1. The molecule has 0 spiro atoms. The number of nitrogens with zero attached hydrogens (tertiary/aromatic N) is 2. The van der Waals surface area contributed by atoms with Gasteiger partial charge in [0.15, 0.2) is 0 Å². The topological polar surface area (TPSA) is 39.1 Å². The summed E-state index contributed by atoms with van der Waals surface area (Å²) in [6.07, 6.45) is 0.823. The Labute approximate surface area is 131 Å². The van der Waals surface area contributed by atoms with Crippen LogP contribution in [0.3, 0.4) is 0 Å². The Kier molecular flexibility index (Phi) is 5.26. The Hall–Kier alpha value is -1.52. The van der Waals surface area contributed by atoms with Crippen LogP contribution in [0.15, 0.2) is 24.3 Å². The van der Waals surface area contributed by atoms with E-state index in [1.807, 2.05) is 33.2 Å². The third kappa shape index (κ3) is 3.57. The number of aryl methyl sites for hydroxylation is 2. The third-order valence-electron chi connectivity index (χ3n) is 3.69. The first-order valence-electron chi connectivity index (χ1n) is 7.17. The van der Waals surface area contributed by atoms with Gasteiger partial charge in [-0.2, -0.15) is 5.10 Å². The van der Waals surface area contributed by atoms with Crippen LogP contribution in [0.2, 0.25) is 5.02 Å². The maximum Gasteiger partial charge on any atom is 0.131 e. The van der Waals surface area contributed by atoms with E-state index in [0.717, 1.165) is 23.6 Å². The van der Waals surface area contributed by atoms with Crippen LogP contribution in [-0.4, -0.2) is 16.8 Å². The van der Waals surface area contributed by atoms with Gasteiger partial charge < -0.3 is 10.1 Å². The fraction of sp³-hybridized carbons (Fsp3) is 0.438. The molecular formula is C16H22ClN3O. The highest BCUT2D eigenvalue weighted by Gasteiger charge is 2.13. The molecule has 0 aliphatic heterocycles. The molecular weight excluding hydrogens is 286 g/mol. The minimum absolute atomic E-state index is 0.331. The van der Waals surface area contributed by atoms with Crippen molar-refractivity contribution < 1.29 is 4.74 Å². The molecule has 5 heteroatoms. The van der Waals surface area contributed by atoms with E-state index in [2.05, 4.69) is 29.5 Å². The largest absolute Gasteiger partial charge is 0.487 e. The molecule has 0 bridgehead atoms. The van der Waals surface area contributed by atoms with Crippen molar-refractivity contribution in [2.75, 3.05) is 7.05 Å². The molecule has 0 saturated heterocycles. The van der Waals surface area contributed by atoms with Crippen LogP contribution >= 0.6 is 11.6 Å². The molecule has 0 radical (unpaired) electrons. The number of benzene rings is 1. The Morgan fingerprint density at radius 3 is 2.52 bits per heavy atom. The summed E-state index contributed by atoms with van der Waals surface area (Å²) in [4.78, 5) is 0. The van der Waals surface area contributed by atoms with Gasteiger partial charge in [0.25, 0.3) is 0 Å². The number of aromatic nitrogens is 2. The fourth-order valence-corrected chi connectivity index (χ4v) is 2.50. The van der Waals surface area contributed by atoms with Crippen LogP contribution < -0.4 is 10.1 Å². The second kappa shape index (κ2) is 6.96. The SMILES string of the molecule is CCc1nn(C)c(COc2ccc(C(C)NC)cc2)c1Cl. The van der Waals surface area contributed by atoms with Gasteiger partial charge >= 0.3 is 0 Å². The summed E-state index contributed by atoms with van der Waals surface area (Å²) in [6.45, 7) is 4.58. The van der Waals surface area contributed by atoms with Gasteiger partial charge in [0.1, 0.15) is 12.4 Å². The van der Waals surface area contributed by atoms with Crippen molar-refractivity contribution in [3.05, 3.63) is 46.2 Å². The Bertz CT molecular complexity index is 592. The highest BCUT2D eigenvalue weighted by Crippen LogP contribution is 2.23. The van der Waals surface area contributed by atoms with Gasteiger partial charge in [-0.1, -0.05) is 30.7 Å². The number of ether oxygens (including phenoxy) is 1. The number of nitrogens with one attached hydrogen (secondary N) is 1. The summed E-state index contributed by atoms with van der Waals surface area (Å²) in [7, 11) is 3.84. The predicted molar refractivity (Wildman–Crippen MR) is 85.8 cm³/mol. The lowest BCUT2D eigenvalue weighted by Crippen LogP contribution is -2.12. The minimum atomic E-state index is 0.331. The van der Waals surface area contributed by atoms with E-state index in [0.29, 0.717) is 17.7 Å². The van der Waals surface area contributed by atoms with Gasteiger partial charge in [-0.05, 0) is 38.1 Å². The molecule has 0 fully saturated rings. The molecule has 0 saturated carbocycles. The average molecular weight is 308 g/mol. The molecule has 0 amide bonds. The zero-order chi connectivity index (χ0) is 15.4. The van der Waals surface area contributed by atoms with Gasteiger partial charge in [-0.3, -0.25) is 4.68 Å². The van der Waals surface area contributed by atoms with E-state index in [1.54, 1.807) is 4.68 Å². The quantitative estimate of drug-likeness (QED) is 0.888. The second-order valence-electron chi connectivity index (χ2n) is 5.05. The van der Waals surface area contributed by atoms with Crippen molar-refractivity contribution in [1.29, 1.82) is 0 Å². The zero-order valence-electron chi connectivity index (χ0n) is 13.0. The maximum atomic E-state index is 6.31. The lowest BCUT2D eigenvalue weighted by molar-refractivity contribution is 0.295. The molecule has 4 nitrogen and oxygen atoms in total. The van der Waals surface area contributed by atoms with Gasteiger partial charge in [-0.25, -0.2) is 0 Å². The molecule has 1 aromatic carbocycles. The van der Waals surface area contributed by atoms with Crippen molar-refractivity contribution in [3.63, 3.8) is 0 Å². The summed E-state index contributed by atoms with van der Waals surface area (Å²) in [5, 5.41) is 8.31. The van der Waals surface area contributed by atoms with E-state index in [4.69, 9.17) is 16.3 Å². The lowest BCUT2D eigenvalue weighted by Gasteiger charge is -2.12. The van der Waals surface area contributed by atoms with Crippen LogP contribution in [0.25, 0.3) is 0 Å². The third-order valence-corrected chi connectivity index (χ3v) is 4.13. The van der Waals surface area contributed by atoms with Crippen LogP contribution in [0.5, 0.6) is 5.75 Å². The van der Waals surface area contributed by atoms with Crippen LogP contribution in [0.1, 0.15) is 36.8 Å². The normalized spacial score (nSPS) is 12.4. The number of hydrogen-bond acceptors (Lipinski definition) is 3. The van der Waals surface area contributed by atoms with Gasteiger partial charge in [0.05, 0.1) is 16.4 Å². The van der Waals surface area contributed by atoms with Crippen molar-refractivity contribution in [2.45, 2.75) is 32.9 Å². The summed E-state index contributed by atoms with van der Waals surface area (Å²) in [6, 6.07) is 8.43. The molecule has 0 aliphatic rings. The molecule has 1 unspecified atom stereocenters. The standard InChI is InChI=1S/C16H22ClN3O/c1-5-14-16(17)15(20(4)19-14)10-21-13-8-6-12(7-9-13)11(2)18-3/h6-9,11,18H,5,10H2,1-4H3. The molecule has 114 valence electrons. The summed E-state index contributed by atoms with van der Waals surface area (Å²) < 4.78 is 7.60. The minimum Gasteiger partial charge on any atom is -0.487 e. The molecule has 1 aromatic heterocycles. The summed E-state index contributed by atoms with van der Waals surface area (Å²) in [5.41, 5.74) is 3.05. The fourth-order valence-electron chi connectivity index (χ4n) is 2.15. The van der Waals surface area contributed by atoms with Crippen LogP contribution in [-0.2, 0) is 20.1 Å². The number of hydrogen-bond donors (Lipinski definition) is 1. The van der Waals surface area contributed by atoms with Crippen molar-refractivity contribution >= 4 is 11.6 Å². The number of rotatable bonds is 6. The van der Waals surface area contributed by atoms with E-state index < -0.39 is 0 Å².